The fraction of sp³-hybridized carbons (Fsp3) is 0.457. The van der Waals surface area contributed by atoms with Crippen molar-refractivity contribution in [2.75, 3.05) is 40.5 Å². The highest BCUT2D eigenvalue weighted by Crippen LogP contribution is 2.69. The van der Waals surface area contributed by atoms with Gasteiger partial charge >= 0.3 is 0 Å². The highest BCUT2D eigenvalue weighted by atomic mass is 16.8. The number of benzene rings is 3. The molecule has 1 saturated carbocycles. The number of nitrogens with one attached hydrogen (secondary N) is 1. The molecule has 0 bridgehead atoms. The largest absolute Gasteiger partial charge is 0.497 e. The Morgan fingerprint density at radius 2 is 1.81 bits per heavy atom. The van der Waals surface area contributed by atoms with Crippen molar-refractivity contribution in [3.63, 3.8) is 0 Å². The highest BCUT2D eigenvalue weighted by Gasteiger charge is 2.77. The third-order valence-corrected chi connectivity index (χ3v) is 9.54. The number of carbonyl (C=O) groups is 1. The van der Waals surface area contributed by atoms with E-state index < -0.39 is 66.4 Å². The molecule has 0 aromatic heterocycles. The maximum Gasteiger partial charge on any atom is 0.251 e. The average molecular weight is 667 g/mol. The van der Waals surface area contributed by atoms with E-state index in [1.165, 1.54) is 7.11 Å². The van der Waals surface area contributed by atoms with Crippen LogP contribution >= 0.6 is 0 Å². The molecule has 0 spiro atoms. The van der Waals surface area contributed by atoms with E-state index in [-0.39, 0.29) is 31.2 Å². The van der Waals surface area contributed by atoms with E-state index in [0.717, 1.165) is 0 Å². The van der Waals surface area contributed by atoms with Crippen LogP contribution in [0.4, 0.5) is 0 Å². The number of amides is 1. The number of aliphatic hydroxyl groups is 4. The molecular weight excluding hydrogens is 624 g/mol. The monoisotopic (exact) mass is 666 g/mol. The van der Waals surface area contributed by atoms with Crippen LogP contribution in [-0.2, 0) is 30.2 Å². The van der Waals surface area contributed by atoms with Crippen LogP contribution in [0.2, 0.25) is 0 Å². The molecule has 13 nitrogen and oxygen atoms in total. The summed E-state index contributed by atoms with van der Waals surface area (Å²) in [6.07, 6.45) is -5.79. The molecule has 13 heteroatoms. The van der Waals surface area contributed by atoms with Crippen molar-refractivity contribution < 1.29 is 53.6 Å². The minimum absolute atomic E-state index is 0.0252. The van der Waals surface area contributed by atoms with Crippen LogP contribution in [0, 0.1) is 12.8 Å². The summed E-state index contributed by atoms with van der Waals surface area (Å²) in [4.78, 5) is 13.9. The van der Waals surface area contributed by atoms with Crippen molar-refractivity contribution in [2.24, 2.45) is 11.7 Å². The lowest BCUT2D eigenvalue weighted by molar-refractivity contribution is -0.324. The van der Waals surface area contributed by atoms with Crippen LogP contribution in [0.3, 0.4) is 0 Å². The van der Waals surface area contributed by atoms with E-state index in [2.05, 4.69) is 5.32 Å². The molecule has 0 radical (unpaired) electrons. The third-order valence-electron chi connectivity index (χ3n) is 9.54. The van der Waals surface area contributed by atoms with Gasteiger partial charge in [0.25, 0.3) is 6.29 Å². The second-order valence-electron chi connectivity index (χ2n) is 12.2. The maximum atomic E-state index is 13.9. The number of carbonyl (C=O) groups excluding carboxylic acids is 1. The van der Waals surface area contributed by atoms with Crippen LogP contribution in [0.5, 0.6) is 17.2 Å². The van der Waals surface area contributed by atoms with Crippen molar-refractivity contribution in [1.29, 1.82) is 0 Å². The molecule has 9 atom stereocenters. The number of rotatable bonds is 11. The summed E-state index contributed by atoms with van der Waals surface area (Å²) < 4.78 is 35.5. The van der Waals surface area contributed by atoms with Gasteiger partial charge in [0, 0.05) is 37.7 Å². The molecule has 1 unspecified atom stereocenters. The van der Waals surface area contributed by atoms with Crippen molar-refractivity contribution >= 4 is 5.91 Å². The average Bonchev–Trinajstić information content (AvgIpc) is 3.49. The summed E-state index contributed by atoms with van der Waals surface area (Å²) in [5.41, 5.74) is 3.86. The normalized spacial score (nSPS) is 31.3. The summed E-state index contributed by atoms with van der Waals surface area (Å²) in [5, 5.41) is 47.8. The van der Waals surface area contributed by atoms with Gasteiger partial charge in [-0.15, -0.1) is 0 Å². The molecule has 2 aliphatic heterocycles. The summed E-state index contributed by atoms with van der Waals surface area (Å²) >= 11 is 0. The first-order valence-electron chi connectivity index (χ1n) is 15.8. The Kier molecular flexibility index (Phi) is 9.67. The maximum absolute atomic E-state index is 13.9. The Balaban J connectivity index is 1.50. The number of aliphatic hydroxyl groups excluding tert-OH is 3. The smallest absolute Gasteiger partial charge is 0.251 e. The van der Waals surface area contributed by atoms with Gasteiger partial charge in [0.1, 0.15) is 35.6 Å². The van der Waals surface area contributed by atoms with Crippen molar-refractivity contribution in [2.45, 2.75) is 54.9 Å². The second-order valence-corrected chi connectivity index (χ2v) is 12.2. The Hall–Kier alpha value is -3.79. The number of hydrogen-bond acceptors (Lipinski definition) is 12. The molecule has 3 aliphatic rings. The Bertz CT molecular complexity index is 1590. The van der Waals surface area contributed by atoms with Gasteiger partial charge in [-0.05, 0) is 41.8 Å². The lowest BCUT2D eigenvalue weighted by Gasteiger charge is -2.41. The van der Waals surface area contributed by atoms with Gasteiger partial charge in [-0.2, -0.15) is 0 Å². The summed E-state index contributed by atoms with van der Waals surface area (Å²) in [6.45, 7) is 1.56. The standard InChI is InChI=1S/C35H42N2O11/c1-19-15-23(46-33-32(44-3)45-18-26(47-33)24(39)17-38)16-25-28(19)34(42)30(40)27(31(41)37-14-13-36)29(20-7-5-4-6-8-20)35(34,48-25)21-9-11-22(43-2)12-10-21/h4-12,15-16,24,26-27,29-30,32-33,38-40,42H,13-14,17-18,36H2,1-3H3,(H,37,41)/t24-,26-,27-,29-,30-,32-,33?,34+,35+/m1/s1. The molecule has 6 rings (SSSR count). The van der Waals surface area contributed by atoms with Crippen LogP contribution in [-0.4, -0.2) is 97.7 Å². The van der Waals surface area contributed by atoms with E-state index in [1.54, 1.807) is 50.4 Å². The van der Waals surface area contributed by atoms with E-state index in [0.29, 0.717) is 28.0 Å². The van der Waals surface area contributed by atoms with Crippen LogP contribution in [0.25, 0.3) is 0 Å². The van der Waals surface area contributed by atoms with E-state index >= 15 is 0 Å². The quantitative estimate of drug-likeness (QED) is 0.169. The zero-order valence-corrected chi connectivity index (χ0v) is 26.9. The van der Waals surface area contributed by atoms with Gasteiger partial charge in [-0.25, -0.2) is 0 Å². The van der Waals surface area contributed by atoms with Gasteiger partial charge in [-0.3, -0.25) is 4.79 Å². The molecule has 2 heterocycles. The molecule has 7 N–H and O–H groups in total. The SMILES string of the molecule is COc1ccc([C@@]23Oc4cc(OC5O[C@@H]([C@H](O)CO)CO[C@H]5OC)cc(C)c4[C@]2(O)[C@H](O)[C@H](C(=O)NCCN)[C@H]3c2ccccc2)cc1. The predicted molar refractivity (Wildman–Crippen MR) is 170 cm³/mol. The lowest BCUT2D eigenvalue weighted by Crippen LogP contribution is -2.52. The van der Waals surface area contributed by atoms with Gasteiger partial charge in [0.15, 0.2) is 11.2 Å². The predicted octanol–water partition coefficient (Wildman–Crippen LogP) is 0.775. The first-order chi connectivity index (χ1) is 23.1. The van der Waals surface area contributed by atoms with Gasteiger partial charge < -0.3 is 59.9 Å². The van der Waals surface area contributed by atoms with E-state index in [1.807, 2.05) is 30.3 Å². The zero-order chi connectivity index (χ0) is 34.2. The molecule has 258 valence electrons. The zero-order valence-electron chi connectivity index (χ0n) is 26.9. The van der Waals surface area contributed by atoms with Gasteiger partial charge in [-0.1, -0.05) is 42.5 Å². The fourth-order valence-corrected chi connectivity index (χ4v) is 7.43. The topological polar surface area (TPSA) is 191 Å². The molecule has 1 aliphatic carbocycles. The number of hydrogen-bond donors (Lipinski definition) is 6. The second kappa shape index (κ2) is 13.6. The number of methoxy groups -OCH3 is 2. The van der Waals surface area contributed by atoms with Crippen molar-refractivity contribution in [3.05, 3.63) is 89.0 Å². The molecule has 2 fully saturated rings. The Labute approximate surface area is 278 Å². The van der Waals surface area contributed by atoms with Gasteiger partial charge in [0.05, 0.1) is 26.2 Å². The first-order valence-corrected chi connectivity index (χ1v) is 15.8. The fourth-order valence-electron chi connectivity index (χ4n) is 7.43. The first kappa shape index (κ1) is 34.1. The summed E-state index contributed by atoms with van der Waals surface area (Å²) in [7, 11) is 2.97. The van der Waals surface area contributed by atoms with E-state index in [4.69, 9.17) is 34.2 Å². The minimum atomic E-state index is -2.12. The van der Waals surface area contributed by atoms with Gasteiger partial charge in [0.2, 0.25) is 12.2 Å². The third kappa shape index (κ3) is 5.40. The van der Waals surface area contributed by atoms with Crippen LogP contribution in [0.1, 0.15) is 28.2 Å². The highest BCUT2D eigenvalue weighted by molar-refractivity contribution is 5.83. The molecule has 3 aromatic carbocycles. The van der Waals surface area contributed by atoms with Crippen LogP contribution in [0.15, 0.2) is 66.7 Å². The Morgan fingerprint density at radius 3 is 2.46 bits per heavy atom. The minimum Gasteiger partial charge on any atom is -0.497 e. The molecule has 1 saturated heterocycles. The van der Waals surface area contributed by atoms with E-state index in [9.17, 15) is 25.2 Å². The molecular formula is C35H42N2O11. The Morgan fingerprint density at radius 1 is 1.08 bits per heavy atom. The molecule has 48 heavy (non-hydrogen) atoms. The number of fused-ring (bicyclic) bond motifs is 3. The molecule has 1 amide bonds. The van der Waals surface area contributed by atoms with Crippen molar-refractivity contribution in [1.82, 2.24) is 5.32 Å². The van der Waals surface area contributed by atoms with Crippen LogP contribution < -0.4 is 25.3 Å². The number of ether oxygens (including phenoxy) is 6. The number of nitrogens with two attached hydrogens (primary N) is 1. The summed E-state index contributed by atoms with van der Waals surface area (Å²) in [5.74, 6) is -1.44. The number of aryl methyl sites for hydroxylation is 1. The molecule has 3 aromatic rings. The van der Waals surface area contributed by atoms with Crippen molar-refractivity contribution in [3.8, 4) is 17.2 Å². The lowest BCUT2D eigenvalue weighted by atomic mass is 9.70. The summed E-state index contributed by atoms with van der Waals surface area (Å²) in [6, 6.07) is 19.4.